The number of piperidine rings is 2. The van der Waals surface area contributed by atoms with Crippen molar-refractivity contribution in [3.8, 4) is 5.75 Å². The first kappa shape index (κ1) is 21.0. The van der Waals surface area contributed by atoms with Gasteiger partial charge in [0.1, 0.15) is 11.9 Å². The molecular formula is C21H33ClN2O2. The van der Waals surface area contributed by atoms with Crippen LogP contribution in [0.3, 0.4) is 0 Å². The molecule has 0 spiro atoms. The van der Waals surface area contributed by atoms with E-state index in [-0.39, 0.29) is 18.5 Å². The van der Waals surface area contributed by atoms with Crippen molar-refractivity contribution < 1.29 is 9.53 Å². The number of carbonyl (C=O) groups is 1. The first-order chi connectivity index (χ1) is 12.1. The van der Waals surface area contributed by atoms with Gasteiger partial charge in [-0.2, -0.15) is 0 Å². The lowest BCUT2D eigenvalue weighted by molar-refractivity contribution is -0.134. The summed E-state index contributed by atoms with van der Waals surface area (Å²) < 4.78 is 6.07. The molecule has 2 heterocycles. The molecule has 0 aromatic heterocycles. The summed E-state index contributed by atoms with van der Waals surface area (Å²) in [4.78, 5) is 14.7. The van der Waals surface area contributed by atoms with Crippen LogP contribution in [0.2, 0.25) is 0 Å². The molecular weight excluding hydrogens is 348 g/mol. The average molecular weight is 381 g/mol. The highest BCUT2D eigenvalue weighted by Gasteiger charge is 2.27. The van der Waals surface area contributed by atoms with E-state index < -0.39 is 0 Å². The molecule has 0 aliphatic carbocycles. The van der Waals surface area contributed by atoms with E-state index in [1.807, 2.05) is 17.0 Å². The minimum absolute atomic E-state index is 0. The van der Waals surface area contributed by atoms with Gasteiger partial charge in [0.15, 0.2) is 0 Å². The number of hydrogen-bond donors (Lipinski definition) is 1. The van der Waals surface area contributed by atoms with E-state index in [4.69, 9.17) is 4.74 Å². The Morgan fingerprint density at radius 3 is 2.54 bits per heavy atom. The molecule has 2 aliphatic heterocycles. The van der Waals surface area contributed by atoms with Crippen LogP contribution in [0, 0.1) is 18.8 Å². The van der Waals surface area contributed by atoms with Crippen LogP contribution >= 0.6 is 12.4 Å². The Morgan fingerprint density at radius 2 is 1.92 bits per heavy atom. The van der Waals surface area contributed by atoms with Gasteiger partial charge in [0.05, 0.1) is 0 Å². The number of nitrogens with zero attached hydrogens (tertiary/aromatic N) is 1. The maximum Gasteiger partial charge on any atom is 0.222 e. The second-order valence-electron chi connectivity index (χ2n) is 7.80. The fourth-order valence-electron chi connectivity index (χ4n) is 3.97. The number of halogens is 1. The smallest absolute Gasteiger partial charge is 0.222 e. The number of nitrogens with one attached hydrogen (secondary N) is 1. The molecule has 1 aromatic carbocycles. The average Bonchev–Trinajstić information content (AvgIpc) is 2.65. The van der Waals surface area contributed by atoms with Gasteiger partial charge in [-0.1, -0.05) is 24.6 Å². The molecule has 2 saturated heterocycles. The summed E-state index contributed by atoms with van der Waals surface area (Å²) in [6.07, 6.45) is 5.28. The van der Waals surface area contributed by atoms with Crippen LogP contribution in [0.5, 0.6) is 5.75 Å². The maximum absolute atomic E-state index is 12.6. The number of ether oxygens (including phenoxy) is 1. The fourth-order valence-corrected chi connectivity index (χ4v) is 3.97. The Hall–Kier alpha value is -1.26. The molecule has 1 N–H and O–H groups in total. The molecule has 26 heavy (non-hydrogen) atoms. The first-order valence-electron chi connectivity index (χ1n) is 9.83. The summed E-state index contributed by atoms with van der Waals surface area (Å²) in [5.41, 5.74) is 1.25. The van der Waals surface area contributed by atoms with Crippen LogP contribution in [-0.2, 0) is 4.79 Å². The number of amides is 1. The van der Waals surface area contributed by atoms with E-state index in [0.717, 1.165) is 44.8 Å². The third-order valence-corrected chi connectivity index (χ3v) is 5.75. The highest BCUT2D eigenvalue weighted by molar-refractivity contribution is 5.85. The largest absolute Gasteiger partial charge is 0.490 e. The van der Waals surface area contributed by atoms with Crippen molar-refractivity contribution in [2.24, 2.45) is 11.8 Å². The highest BCUT2D eigenvalue weighted by atomic mass is 35.5. The van der Waals surface area contributed by atoms with Crippen molar-refractivity contribution in [2.45, 2.75) is 52.1 Å². The highest BCUT2D eigenvalue weighted by Crippen LogP contribution is 2.25. The van der Waals surface area contributed by atoms with E-state index in [0.29, 0.717) is 24.2 Å². The molecule has 146 valence electrons. The van der Waals surface area contributed by atoms with Crippen molar-refractivity contribution in [2.75, 3.05) is 26.2 Å². The van der Waals surface area contributed by atoms with Crippen LogP contribution in [-0.4, -0.2) is 43.1 Å². The van der Waals surface area contributed by atoms with Gasteiger partial charge in [-0.25, -0.2) is 0 Å². The van der Waals surface area contributed by atoms with Crippen molar-refractivity contribution in [3.63, 3.8) is 0 Å². The zero-order chi connectivity index (χ0) is 17.6. The summed E-state index contributed by atoms with van der Waals surface area (Å²) in [7, 11) is 0. The van der Waals surface area contributed by atoms with E-state index in [1.54, 1.807) is 0 Å². The molecule has 0 radical (unpaired) electrons. The minimum Gasteiger partial charge on any atom is -0.490 e. The summed E-state index contributed by atoms with van der Waals surface area (Å²) in [6.45, 7) is 8.17. The second-order valence-corrected chi connectivity index (χ2v) is 7.80. The molecule has 0 bridgehead atoms. The van der Waals surface area contributed by atoms with Gasteiger partial charge in [0.25, 0.3) is 0 Å². The van der Waals surface area contributed by atoms with Gasteiger partial charge < -0.3 is 15.0 Å². The van der Waals surface area contributed by atoms with Crippen LogP contribution in [0.4, 0.5) is 0 Å². The van der Waals surface area contributed by atoms with E-state index in [9.17, 15) is 4.79 Å². The summed E-state index contributed by atoms with van der Waals surface area (Å²) in [5, 5.41) is 3.46. The van der Waals surface area contributed by atoms with Gasteiger partial charge in [-0.3, -0.25) is 4.79 Å². The lowest BCUT2D eigenvalue weighted by atomic mass is 9.85. The first-order valence-corrected chi connectivity index (χ1v) is 9.83. The van der Waals surface area contributed by atoms with Crippen molar-refractivity contribution in [3.05, 3.63) is 29.8 Å². The summed E-state index contributed by atoms with van der Waals surface area (Å²) in [5.74, 6) is 2.39. The van der Waals surface area contributed by atoms with Crippen LogP contribution in [0.25, 0.3) is 0 Å². The third kappa shape index (κ3) is 5.88. The lowest BCUT2D eigenvalue weighted by Gasteiger charge is -2.34. The Morgan fingerprint density at radius 1 is 1.23 bits per heavy atom. The number of benzene rings is 1. The number of hydrogen-bond acceptors (Lipinski definition) is 3. The van der Waals surface area contributed by atoms with Crippen LogP contribution in [0.1, 0.15) is 44.6 Å². The lowest BCUT2D eigenvalue weighted by Crippen LogP contribution is -2.43. The Bertz CT molecular complexity index is 550. The monoisotopic (exact) mass is 380 g/mol. The van der Waals surface area contributed by atoms with Gasteiger partial charge in [-0.05, 0) is 56.8 Å². The van der Waals surface area contributed by atoms with Crippen LogP contribution < -0.4 is 10.1 Å². The number of aryl methyl sites for hydroxylation is 1. The molecule has 2 unspecified atom stereocenters. The predicted octanol–water partition coefficient (Wildman–Crippen LogP) is 3.81. The molecule has 5 heteroatoms. The van der Waals surface area contributed by atoms with Crippen molar-refractivity contribution in [1.29, 1.82) is 0 Å². The molecule has 4 nitrogen and oxygen atoms in total. The van der Waals surface area contributed by atoms with Gasteiger partial charge in [0.2, 0.25) is 5.91 Å². The topological polar surface area (TPSA) is 41.6 Å². The number of carbonyl (C=O) groups excluding carboxylic acids is 1. The minimum atomic E-state index is 0. The quantitative estimate of drug-likeness (QED) is 0.844. The number of likely N-dealkylation sites (tertiary alicyclic amines) is 1. The number of rotatable bonds is 5. The zero-order valence-electron chi connectivity index (χ0n) is 16.1. The summed E-state index contributed by atoms with van der Waals surface area (Å²) >= 11 is 0. The standard InChI is InChI=1S/C21H32N2O2.ClH/c1-16-5-7-19(8-6-16)25-20-9-12-23(13-10-20)21(24)14-17(2)18-4-3-11-22-15-18;/h5-8,17-18,20,22H,3-4,9-15H2,1-2H3;1H. The van der Waals surface area contributed by atoms with Crippen LogP contribution in [0.15, 0.2) is 24.3 Å². The molecule has 3 rings (SSSR count). The molecule has 1 aromatic rings. The van der Waals surface area contributed by atoms with E-state index >= 15 is 0 Å². The van der Waals surface area contributed by atoms with Gasteiger partial charge in [-0.15, -0.1) is 12.4 Å². The van der Waals surface area contributed by atoms with E-state index in [1.165, 1.54) is 18.4 Å². The van der Waals surface area contributed by atoms with Gasteiger partial charge in [0, 0.05) is 32.4 Å². The molecule has 0 saturated carbocycles. The molecule has 2 fully saturated rings. The third-order valence-electron chi connectivity index (χ3n) is 5.75. The SMILES string of the molecule is Cc1ccc(OC2CCN(C(=O)CC(C)C3CCCNC3)CC2)cc1.Cl. The molecule has 2 atom stereocenters. The fraction of sp³-hybridized carbons (Fsp3) is 0.667. The normalized spacial score (nSPS) is 22.4. The van der Waals surface area contributed by atoms with E-state index in [2.05, 4.69) is 31.3 Å². The maximum atomic E-state index is 12.6. The van der Waals surface area contributed by atoms with Crippen molar-refractivity contribution in [1.82, 2.24) is 10.2 Å². The van der Waals surface area contributed by atoms with Crippen molar-refractivity contribution >= 4 is 18.3 Å². The van der Waals surface area contributed by atoms with Gasteiger partial charge >= 0.3 is 0 Å². The Kier molecular flexibility index (Phi) is 8.23. The Balaban J connectivity index is 0.00000243. The Labute approximate surface area is 164 Å². The summed E-state index contributed by atoms with van der Waals surface area (Å²) in [6, 6.07) is 8.23. The predicted molar refractivity (Wildman–Crippen MR) is 108 cm³/mol. The second kappa shape index (κ2) is 10.2. The molecule has 1 amide bonds. The molecule has 2 aliphatic rings. The zero-order valence-corrected chi connectivity index (χ0v) is 16.9.